The molecule has 4 nitrogen and oxygen atoms in total. The van der Waals surface area contributed by atoms with Crippen LogP contribution in [0.3, 0.4) is 0 Å². The minimum Gasteiger partial charge on any atom is -0.478 e. The number of aryl methyl sites for hydroxylation is 2. The molecule has 0 aliphatic heterocycles. The first-order valence-electron chi connectivity index (χ1n) is 6.89. The molecule has 0 fully saturated rings. The Balaban J connectivity index is 2.09. The van der Waals surface area contributed by atoms with Gasteiger partial charge in [0, 0.05) is 19.2 Å². The number of carboxylic acids is 2. The second-order valence-electron chi connectivity index (χ2n) is 5.32. The Bertz CT molecular complexity index is 1050. The largest absolute Gasteiger partial charge is 0.478 e. The van der Waals surface area contributed by atoms with E-state index in [1.165, 1.54) is 45.3 Å². The molecule has 0 aromatic carbocycles. The molecule has 0 atom stereocenters. The van der Waals surface area contributed by atoms with Crippen LogP contribution in [0.4, 0.5) is 0 Å². The van der Waals surface area contributed by atoms with E-state index < -0.39 is 11.9 Å². The normalized spacial score (nSPS) is 11.6. The first-order valence-corrected chi connectivity index (χ1v) is 10.2. The maximum Gasteiger partial charge on any atom is 0.338 e. The average molecular weight is 395 g/mol. The van der Waals surface area contributed by atoms with Crippen molar-refractivity contribution in [1.82, 2.24) is 0 Å². The van der Waals surface area contributed by atoms with Crippen LogP contribution in [-0.4, -0.2) is 22.2 Å². The summed E-state index contributed by atoms with van der Waals surface area (Å²) in [4.78, 5) is 26.9. The Labute approximate surface area is 152 Å². The Hall–Kier alpha value is -1.74. The van der Waals surface area contributed by atoms with E-state index in [0.717, 1.165) is 28.6 Å². The summed E-state index contributed by atoms with van der Waals surface area (Å²) in [7, 11) is 0. The second kappa shape index (κ2) is 5.38. The number of fused-ring (bicyclic) bond motifs is 2. The minimum absolute atomic E-state index is 0.223. The van der Waals surface area contributed by atoms with Crippen LogP contribution in [0.1, 0.15) is 30.5 Å². The highest BCUT2D eigenvalue weighted by Gasteiger charge is 2.28. The fraction of sp³-hybridized carbons (Fsp3) is 0.125. The van der Waals surface area contributed by atoms with E-state index in [1.54, 1.807) is 0 Å². The summed E-state index contributed by atoms with van der Waals surface area (Å²) in [6.07, 6.45) is 0. The molecular weight excluding hydrogens is 384 g/mol. The first-order chi connectivity index (χ1) is 11.4. The monoisotopic (exact) mass is 394 g/mol. The predicted molar refractivity (Wildman–Crippen MR) is 102 cm³/mol. The molecule has 0 aliphatic rings. The van der Waals surface area contributed by atoms with Crippen LogP contribution in [0.15, 0.2) is 12.1 Å². The molecule has 122 valence electrons. The van der Waals surface area contributed by atoms with Crippen LogP contribution >= 0.6 is 45.3 Å². The van der Waals surface area contributed by atoms with E-state index >= 15 is 0 Å². The molecule has 0 unspecified atom stereocenters. The topological polar surface area (TPSA) is 74.6 Å². The van der Waals surface area contributed by atoms with Crippen molar-refractivity contribution < 1.29 is 19.8 Å². The SMILES string of the molecule is Cc1cc2sc(-c3sc4cc(C)sc4c3C(=O)O)c(C(=O)O)c2s1. The molecule has 0 amide bonds. The summed E-state index contributed by atoms with van der Waals surface area (Å²) in [5, 5.41) is 19.4. The van der Waals surface area contributed by atoms with E-state index in [0.29, 0.717) is 9.75 Å². The summed E-state index contributed by atoms with van der Waals surface area (Å²) in [5.41, 5.74) is 0.447. The van der Waals surface area contributed by atoms with Gasteiger partial charge in [0.1, 0.15) is 0 Å². The minimum atomic E-state index is -1.01. The molecule has 4 aromatic rings. The molecule has 24 heavy (non-hydrogen) atoms. The van der Waals surface area contributed by atoms with E-state index in [2.05, 4.69) is 0 Å². The van der Waals surface area contributed by atoms with Gasteiger partial charge >= 0.3 is 11.9 Å². The number of hydrogen-bond donors (Lipinski definition) is 2. The summed E-state index contributed by atoms with van der Waals surface area (Å²) in [5.74, 6) is -2.02. The Kier molecular flexibility index (Phi) is 3.54. The van der Waals surface area contributed by atoms with Crippen LogP contribution in [0, 0.1) is 13.8 Å². The van der Waals surface area contributed by atoms with E-state index in [9.17, 15) is 19.8 Å². The standard InChI is InChI=1S/C16H10O4S4/c1-5-3-7-11(21-5)9(15(17)18)13(23-7)14-10(16(19)20)12-8(24-14)4-6(2)22-12/h3-4H,1-2H3,(H,17,18)(H,19,20). The van der Waals surface area contributed by atoms with Gasteiger partial charge in [0.05, 0.1) is 30.3 Å². The molecular formula is C16H10O4S4. The van der Waals surface area contributed by atoms with Crippen LogP contribution in [0.25, 0.3) is 28.6 Å². The van der Waals surface area contributed by atoms with Gasteiger partial charge in [-0.1, -0.05) is 0 Å². The predicted octanol–water partition coefficient (Wildman–Crippen LogP) is 5.92. The highest BCUT2D eigenvalue weighted by Crippen LogP contribution is 2.49. The lowest BCUT2D eigenvalue weighted by atomic mass is 10.1. The van der Waals surface area contributed by atoms with Gasteiger partial charge < -0.3 is 10.2 Å². The quantitative estimate of drug-likeness (QED) is 0.452. The molecule has 2 N–H and O–H groups in total. The zero-order valence-electron chi connectivity index (χ0n) is 12.5. The van der Waals surface area contributed by atoms with Gasteiger partial charge in [0.2, 0.25) is 0 Å². The number of hydrogen-bond acceptors (Lipinski definition) is 6. The van der Waals surface area contributed by atoms with Gasteiger partial charge in [-0.05, 0) is 26.0 Å². The maximum absolute atomic E-state index is 11.8. The smallest absolute Gasteiger partial charge is 0.338 e. The third-order valence-electron chi connectivity index (χ3n) is 3.61. The molecule has 0 aliphatic carbocycles. The van der Waals surface area contributed by atoms with Crippen molar-refractivity contribution >= 4 is 76.1 Å². The average Bonchev–Trinajstić information content (AvgIpc) is 3.14. The summed E-state index contributed by atoms with van der Waals surface area (Å²) in [6.45, 7) is 3.88. The van der Waals surface area contributed by atoms with Crippen LogP contribution < -0.4 is 0 Å². The molecule has 0 bridgehead atoms. The Morgan fingerprint density at radius 1 is 0.750 bits per heavy atom. The number of aromatic carboxylic acids is 2. The second-order valence-corrected chi connectivity index (χ2v) is 9.94. The van der Waals surface area contributed by atoms with Gasteiger partial charge in [-0.3, -0.25) is 0 Å². The van der Waals surface area contributed by atoms with Crippen LogP contribution in [0.2, 0.25) is 0 Å². The molecule has 0 saturated carbocycles. The van der Waals surface area contributed by atoms with E-state index in [1.807, 2.05) is 26.0 Å². The third-order valence-corrected chi connectivity index (χ3v) is 8.44. The molecule has 4 heterocycles. The van der Waals surface area contributed by atoms with Crippen molar-refractivity contribution in [3.05, 3.63) is 33.0 Å². The van der Waals surface area contributed by atoms with E-state index in [-0.39, 0.29) is 11.1 Å². The zero-order chi connectivity index (χ0) is 17.2. The fourth-order valence-corrected chi connectivity index (χ4v) is 7.92. The van der Waals surface area contributed by atoms with Crippen LogP contribution in [0.5, 0.6) is 0 Å². The van der Waals surface area contributed by atoms with Gasteiger partial charge in [-0.2, -0.15) is 0 Å². The molecule has 8 heteroatoms. The molecule has 0 saturated heterocycles. The van der Waals surface area contributed by atoms with Crippen molar-refractivity contribution in [2.24, 2.45) is 0 Å². The number of rotatable bonds is 3. The maximum atomic E-state index is 11.8. The lowest BCUT2D eigenvalue weighted by Crippen LogP contribution is -1.99. The molecule has 4 aromatic heterocycles. The first kappa shape index (κ1) is 15.8. The zero-order valence-corrected chi connectivity index (χ0v) is 15.8. The third kappa shape index (κ3) is 2.21. The highest BCUT2D eigenvalue weighted by molar-refractivity contribution is 7.34. The molecule has 0 spiro atoms. The lowest BCUT2D eigenvalue weighted by molar-refractivity contribution is 0.0687. The summed E-state index contributed by atoms with van der Waals surface area (Å²) in [6, 6.07) is 3.92. The van der Waals surface area contributed by atoms with Crippen molar-refractivity contribution in [3.63, 3.8) is 0 Å². The summed E-state index contributed by atoms with van der Waals surface area (Å²) >= 11 is 5.60. The number of thiophene rings is 4. The number of carbonyl (C=O) groups is 2. The van der Waals surface area contributed by atoms with Crippen molar-refractivity contribution in [2.75, 3.05) is 0 Å². The Morgan fingerprint density at radius 2 is 1.12 bits per heavy atom. The molecule has 4 rings (SSSR count). The summed E-state index contributed by atoms with van der Waals surface area (Å²) < 4.78 is 3.25. The van der Waals surface area contributed by atoms with Crippen molar-refractivity contribution in [2.45, 2.75) is 13.8 Å². The van der Waals surface area contributed by atoms with Gasteiger partial charge in [-0.15, -0.1) is 45.3 Å². The lowest BCUT2D eigenvalue weighted by Gasteiger charge is -2.00. The van der Waals surface area contributed by atoms with Crippen LogP contribution in [-0.2, 0) is 0 Å². The van der Waals surface area contributed by atoms with Gasteiger partial charge in [-0.25, -0.2) is 9.59 Å². The van der Waals surface area contributed by atoms with Gasteiger partial charge in [0.15, 0.2) is 0 Å². The fourth-order valence-electron chi connectivity index (χ4n) is 2.72. The van der Waals surface area contributed by atoms with Crippen molar-refractivity contribution in [1.29, 1.82) is 0 Å². The van der Waals surface area contributed by atoms with Gasteiger partial charge in [0.25, 0.3) is 0 Å². The van der Waals surface area contributed by atoms with E-state index in [4.69, 9.17) is 0 Å². The van der Waals surface area contributed by atoms with Crippen molar-refractivity contribution in [3.8, 4) is 9.75 Å². The number of carboxylic acid groups (broad SMARTS) is 2. The highest BCUT2D eigenvalue weighted by atomic mass is 32.1. The molecule has 0 radical (unpaired) electrons. The Morgan fingerprint density at radius 3 is 1.46 bits per heavy atom.